The molecule has 0 bridgehead atoms. The highest BCUT2D eigenvalue weighted by Crippen LogP contribution is 2.26. The largest absolute Gasteiger partial charge is 0.354 e. The molecule has 1 unspecified atom stereocenters. The number of anilines is 2. The maximum absolute atomic E-state index is 9.68. The second-order valence-corrected chi connectivity index (χ2v) is 8.78. The van der Waals surface area contributed by atoms with E-state index < -0.39 is 5.92 Å². The molecule has 0 aromatic carbocycles. The summed E-state index contributed by atoms with van der Waals surface area (Å²) in [5.74, 6) is 1.09. The molecule has 32 heavy (non-hydrogen) atoms. The van der Waals surface area contributed by atoms with Crippen LogP contribution in [0.25, 0.3) is 0 Å². The van der Waals surface area contributed by atoms with Crippen LogP contribution in [0.4, 0.5) is 11.8 Å². The summed E-state index contributed by atoms with van der Waals surface area (Å²) in [6, 6.07) is 8.36. The molecule has 0 radical (unpaired) electrons. The Bertz CT molecular complexity index is 1050. The molecule has 3 aromatic heterocycles. The molecule has 1 atom stereocenters. The molecule has 1 saturated heterocycles. The van der Waals surface area contributed by atoms with Gasteiger partial charge in [-0.1, -0.05) is 13.0 Å². The topological polar surface area (TPSA) is 93.9 Å². The van der Waals surface area contributed by atoms with Gasteiger partial charge in [-0.3, -0.25) is 0 Å². The summed E-state index contributed by atoms with van der Waals surface area (Å²) in [6.07, 6.45) is 5.32. The zero-order chi connectivity index (χ0) is 22.3. The fourth-order valence-corrected chi connectivity index (χ4v) is 4.55. The monoisotopic (exact) mass is 448 g/mol. The maximum Gasteiger partial charge on any atom is 0.222 e. The predicted molar refractivity (Wildman–Crippen MR) is 127 cm³/mol. The van der Waals surface area contributed by atoms with Crippen LogP contribution in [0.1, 0.15) is 34.8 Å². The van der Waals surface area contributed by atoms with Crippen molar-refractivity contribution in [2.45, 2.75) is 25.7 Å². The van der Waals surface area contributed by atoms with E-state index in [1.807, 2.05) is 11.6 Å². The predicted octanol–water partition coefficient (Wildman–Crippen LogP) is 2.95. The molecule has 4 heterocycles. The standard InChI is InChI=1S/C23H28N8S/c1-3-18-16-32-22(28-18)19(14-24)20-7-9-26-23(29-20)25-8-6-17-4-5-21(27-15-17)31-12-10-30(2)11-13-31/h4-5,7,9,15-16,19H,3,6,8,10-13H2,1-2H3,(H,25,26,29). The van der Waals surface area contributed by atoms with Gasteiger partial charge in [0.1, 0.15) is 16.7 Å². The zero-order valence-corrected chi connectivity index (χ0v) is 19.3. The molecular weight excluding hydrogens is 420 g/mol. The van der Waals surface area contributed by atoms with Gasteiger partial charge in [-0.15, -0.1) is 11.3 Å². The third-order valence-electron chi connectivity index (χ3n) is 5.61. The SMILES string of the molecule is CCc1csc(C(C#N)c2ccnc(NCCc3ccc(N4CCN(C)CC4)nc3)n2)n1. The van der Waals surface area contributed by atoms with E-state index in [9.17, 15) is 5.26 Å². The molecule has 1 N–H and O–H groups in total. The highest BCUT2D eigenvalue weighted by molar-refractivity contribution is 7.09. The molecule has 4 rings (SSSR count). The van der Waals surface area contributed by atoms with Crippen LogP contribution in [0.15, 0.2) is 36.0 Å². The number of likely N-dealkylation sites (N-methyl/N-ethyl adjacent to an activating group) is 1. The Morgan fingerprint density at radius 1 is 1.16 bits per heavy atom. The van der Waals surface area contributed by atoms with E-state index in [2.05, 4.69) is 67.2 Å². The number of nitrogens with zero attached hydrogens (tertiary/aromatic N) is 7. The number of nitrogens with one attached hydrogen (secondary N) is 1. The number of hydrogen-bond donors (Lipinski definition) is 1. The van der Waals surface area contributed by atoms with Crippen LogP contribution in [-0.2, 0) is 12.8 Å². The minimum atomic E-state index is -0.477. The van der Waals surface area contributed by atoms with Gasteiger partial charge < -0.3 is 15.1 Å². The van der Waals surface area contributed by atoms with Crippen LogP contribution >= 0.6 is 11.3 Å². The van der Waals surface area contributed by atoms with E-state index in [4.69, 9.17) is 0 Å². The number of thiazole rings is 1. The first-order valence-corrected chi connectivity index (χ1v) is 11.8. The van der Waals surface area contributed by atoms with Crippen molar-refractivity contribution >= 4 is 23.1 Å². The van der Waals surface area contributed by atoms with Crippen molar-refractivity contribution in [2.24, 2.45) is 0 Å². The van der Waals surface area contributed by atoms with Crippen LogP contribution in [0.3, 0.4) is 0 Å². The lowest BCUT2D eigenvalue weighted by Crippen LogP contribution is -2.44. The summed E-state index contributed by atoms with van der Waals surface area (Å²) in [7, 11) is 2.15. The summed E-state index contributed by atoms with van der Waals surface area (Å²) in [5, 5.41) is 15.7. The number of aryl methyl sites for hydroxylation is 1. The summed E-state index contributed by atoms with van der Waals surface area (Å²) in [6.45, 7) is 6.92. The molecule has 166 valence electrons. The maximum atomic E-state index is 9.68. The minimum absolute atomic E-state index is 0.477. The molecular formula is C23H28N8S. The fourth-order valence-electron chi connectivity index (χ4n) is 3.59. The second-order valence-electron chi connectivity index (χ2n) is 7.89. The summed E-state index contributed by atoms with van der Waals surface area (Å²) in [4.78, 5) is 22.7. The van der Waals surface area contributed by atoms with E-state index in [0.717, 1.165) is 61.1 Å². The first-order chi connectivity index (χ1) is 15.7. The van der Waals surface area contributed by atoms with Crippen molar-refractivity contribution in [3.05, 3.63) is 57.9 Å². The van der Waals surface area contributed by atoms with Gasteiger partial charge in [0.05, 0.1) is 17.5 Å². The smallest absolute Gasteiger partial charge is 0.222 e. The van der Waals surface area contributed by atoms with E-state index >= 15 is 0 Å². The van der Waals surface area contributed by atoms with Gasteiger partial charge in [0.15, 0.2) is 0 Å². The number of nitriles is 1. The van der Waals surface area contributed by atoms with E-state index in [-0.39, 0.29) is 0 Å². The van der Waals surface area contributed by atoms with Crippen molar-refractivity contribution in [1.29, 1.82) is 5.26 Å². The third-order valence-corrected chi connectivity index (χ3v) is 6.57. The van der Waals surface area contributed by atoms with Gasteiger partial charge in [0.2, 0.25) is 5.95 Å². The summed E-state index contributed by atoms with van der Waals surface area (Å²) < 4.78 is 0. The van der Waals surface area contributed by atoms with Crippen molar-refractivity contribution in [2.75, 3.05) is 50.0 Å². The Balaban J connectivity index is 1.33. The van der Waals surface area contributed by atoms with Gasteiger partial charge in [-0.05, 0) is 37.6 Å². The number of rotatable bonds is 8. The molecule has 3 aromatic rings. The number of aromatic nitrogens is 4. The van der Waals surface area contributed by atoms with E-state index in [0.29, 0.717) is 18.2 Å². The Hall–Kier alpha value is -3.09. The highest BCUT2D eigenvalue weighted by atomic mass is 32.1. The van der Waals surface area contributed by atoms with Crippen LogP contribution in [0.5, 0.6) is 0 Å². The van der Waals surface area contributed by atoms with Crippen molar-refractivity contribution in [3.63, 3.8) is 0 Å². The third kappa shape index (κ3) is 5.39. The number of pyridine rings is 1. The Morgan fingerprint density at radius 3 is 2.69 bits per heavy atom. The van der Waals surface area contributed by atoms with Crippen LogP contribution in [0, 0.1) is 11.3 Å². The quantitative estimate of drug-likeness (QED) is 0.562. The average Bonchev–Trinajstić information content (AvgIpc) is 3.30. The molecule has 0 amide bonds. The van der Waals surface area contributed by atoms with Gasteiger partial charge in [0, 0.05) is 50.5 Å². The lowest BCUT2D eigenvalue weighted by molar-refractivity contribution is 0.312. The Labute approximate surface area is 193 Å². The lowest BCUT2D eigenvalue weighted by Gasteiger charge is -2.33. The van der Waals surface area contributed by atoms with Gasteiger partial charge >= 0.3 is 0 Å². The van der Waals surface area contributed by atoms with E-state index in [1.165, 1.54) is 11.3 Å². The molecule has 0 spiro atoms. The first kappa shape index (κ1) is 22.1. The Kier molecular flexibility index (Phi) is 7.24. The first-order valence-electron chi connectivity index (χ1n) is 11.0. The Morgan fingerprint density at radius 2 is 2.00 bits per heavy atom. The van der Waals surface area contributed by atoms with Crippen molar-refractivity contribution in [1.82, 2.24) is 24.8 Å². The van der Waals surface area contributed by atoms with E-state index in [1.54, 1.807) is 12.3 Å². The zero-order valence-electron chi connectivity index (χ0n) is 18.5. The molecule has 0 saturated carbocycles. The number of hydrogen-bond acceptors (Lipinski definition) is 9. The van der Waals surface area contributed by atoms with Crippen LogP contribution in [-0.4, -0.2) is 64.6 Å². The molecule has 1 aliphatic rings. The van der Waals surface area contributed by atoms with Crippen LogP contribution < -0.4 is 10.2 Å². The lowest BCUT2D eigenvalue weighted by atomic mass is 10.1. The molecule has 0 aliphatic carbocycles. The van der Waals surface area contributed by atoms with Crippen molar-refractivity contribution in [3.8, 4) is 6.07 Å². The van der Waals surface area contributed by atoms with Crippen molar-refractivity contribution < 1.29 is 0 Å². The molecule has 9 heteroatoms. The molecule has 1 aliphatic heterocycles. The number of piperazine rings is 1. The second kappa shape index (κ2) is 10.5. The van der Waals surface area contributed by atoms with Gasteiger partial charge in [-0.2, -0.15) is 5.26 Å². The minimum Gasteiger partial charge on any atom is -0.354 e. The summed E-state index contributed by atoms with van der Waals surface area (Å²) in [5.41, 5.74) is 2.83. The van der Waals surface area contributed by atoms with Gasteiger partial charge in [0.25, 0.3) is 0 Å². The fraction of sp³-hybridized carbons (Fsp3) is 0.435. The average molecular weight is 449 g/mol. The highest BCUT2D eigenvalue weighted by Gasteiger charge is 2.19. The van der Waals surface area contributed by atoms with Crippen LogP contribution in [0.2, 0.25) is 0 Å². The molecule has 8 nitrogen and oxygen atoms in total. The normalized spacial score (nSPS) is 15.3. The molecule has 1 fully saturated rings. The summed E-state index contributed by atoms with van der Waals surface area (Å²) >= 11 is 1.51. The van der Waals surface area contributed by atoms with Gasteiger partial charge in [-0.25, -0.2) is 19.9 Å².